The highest BCUT2D eigenvalue weighted by molar-refractivity contribution is 5.70. The maximum Gasteiger partial charge on any atom is 0.266 e. The molecule has 4 rings (SSSR count). The highest BCUT2D eigenvalue weighted by atomic mass is 19.1. The Morgan fingerprint density at radius 1 is 1.10 bits per heavy atom. The van der Waals surface area contributed by atoms with E-state index in [0.717, 1.165) is 0 Å². The predicted molar refractivity (Wildman–Crippen MR) is 108 cm³/mol. The van der Waals surface area contributed by atoms with E-state index in [1.807, 2.05) is 0 Å². The molecule has 0 unspecified atom stereocenters. The lowest BCUT2D eigenvalue weighted by atomic mass is 10.1. The van der Waals surface area contributed by atoms with Crippen LogP contribution in [-0.4, -0.2) is 22.1 Å². The van der Waals surface area contributed by atoms with Crippen molar-refractivity contribution in [2.45, 2.75) is 13.5 Å². The maximum atomic E-state index is 14.0. The average Bonchev–Trinajstić information content (AvgIpc) is 3.23. The third-order valence-corrected chi connectivity index (χ3v) is 4.63. The van der Waals surface area contributed by atoms with Gasteiger partial charge < -0.3 is 19.7 Å². The summed E-state index contributed by atoms with van der Waals surface area (Å²) < 4.78 is 38.6. The number of benzene rings is 1. The van der Waals surface area contributed by atoms with Crippen LogP contribution in [0.1, 0.15) is 11.3 Å². The number of hydrogen-bond donors (Lipinski definition) is 1. The molecule has 3 heterocycles. The number of hydrogen-bond acceptors (Lipinski definition) is 5. The maximum absolute atomic E-state index is 14.0. The molecule has 0 aliphatic carbocycles. The van der Waals surface area contributed by atoms with Gasteiger partial charge in [0.05, 0.1) is 19.0 Å². The molecule has 0 amide bonds. The molecular formula is C22H18F2N4O3. The molecule has 9 heteroatoms. The predicted octanol–water partition coefficient (Wildman–Crippen LogP) is 3.95. The van der Waals surface area contributed by atoms with E-state index in [2.05, 4.69) is 15.0 Å². The van der Waals surface area contributed by atoms with Crippen molar-refractivity contribution in [1.29, 1.82) is 0 Å². The molecule has 4 aromatic rings. The van der Waals surface area contributed by atoms with Crippen LogP contribution in [0.4, 0.5) is 8.78 Å². The van der Waals surface area contributed by atoms with Gasteiger partial charge >= 0.3 is 0 Å². The summed E-state index contributed by atoms with van der Waals surface area (Å²) in [5.41, 5.74) is 2.43. The second-order valence-corrected chi connectivity index (χ2v) is 6.80. The Balaban J connectivity index is 1.56. The van der Waals surface area contributed by atoms with Gasteiger partial charge in [0.1, 0.15) is 17.3 Å². The van der Waals surface area contributed by atoms with E-state index in [4.69, 9.17) is 9.47 Å². The van der Waals surface area contributed by atoms with Crippen molar-refractivity contribution >= 4 is 0 Å². The number of H-pyrrole nitrogens is 1. The number of methoxy groups -OCH3 is 1. The fourth-order valence-corrected chi connectivity index (χ4v) is 3.08. The molecule has 31 heavy (non-hydrogen) atoms. The number of halogens is 2. The van der Waals surface area contributed by atoms with Crippen LogP contribution in [0.25, 0.3) is 22.6 Å². The number of aryl methyl sites for hydroxylation is 1. The zero-order valence-corrected chi connectivity index (χ0v) is 16.7. The normalized spacial score (nSPS) is 10.8. The Bertz CT molecular complexity index is 1200. The van der Waals surface area contributed by atoms with Gasteiger partial charge in [-0.3, -0.25) is 0 Å². The van der Waals surface area contributed by atoms with E-state index < -0.39 is 11.8 Å². The lowest BCUT2D eigenvalue weighted by Crippen LogP contribution is -2.34. The van der Waals surface area contributed by atoms with E-state index >= 15 is 0 Å². The summed E-state index contributed by atoms with van der Waals surface area (Å²) in [5, 5.41) is 11.9. The fraction of sp³-hybridized carbons (Fsp3) is 0.136. The topological polar surface area (TPSA) is 87.0 Å². The Labute approximate surface area is 176 Å². The minimum Gasteiger partial charge on any atom is -0.618 e. The van der Waals surface area contributed by atoms with Gasteiger partial charge in [0.2, 0.25) is 5.95 Å². The van der Waals surface area contributed by atoms with Gasteiger partial charge in [-0.05, 0) is 37.3 Å². The first-order valence-electron chi connectivity index (χ1n) is 9.31. The molecular weight excluding hydrogens is 406 g/mol. The first-order chi connectivity index (χ1) is 14.9. The molecule has 0 spiro atoms. The van der Waals surface area contributed by atoms with Crippen molar-refractivity contribution in [3.8, 4) is 34.1 Å². The van der Waals surface area contributed by atoms with E-state index in [1.165, 1.54) is 31.6 Å². The van der Waals surface area contributed by atoms with Crippen LogP contribution in [0.2, 0.25) is 0 Å². The minimum absolute atomic E-state index is 0.111. The zero-order chi connectivity index (χ0) is 22.0. The molecule has 0 saturated carbocycles. The molecule has 3 aromatic heterocycles. The molecule has 158 valence electrons. The van der Waals surface area contributed by atoms with E-state index in [9.17, 15) is 14.0 Å². The van der Waals surface area contributed by atoms with Crippen molar-refractivity contribution in [3.63, 3.8) is 0 Å². The number of imidazole rings is 1. The standard InChI is InChI=1S/C22H18F2N4O3/c1-13-7-17(23)19(28(29)11-13)12-31-15-4-5-16(20(8-15)30-2)18-10-26-22(27-18)14-3-6-21(24)25-9-14/h3-11H,12H2,1-2H3,(H,26,27). The van der Waals surface area contributed by atoms with Crippen LogP contribution in [0.3, 0.4) is 0 Å². The molecule has 0 radical (unpaired) electrons. The van der Waals surface area contributed by atoms with Crippen LogP contribution in [0, 0.1) is 23.9 Å². The molecule has 1 aromatic carbocycles. The van der Waals surface area contributed by atoms with Crippen LogP contribution >= 0.6 is 0 Å². The smallest absolute Gasteiger partial charge is 0.266 e. The first kappa shape index (κ1) is 20.3. The third kappa shape index (κ3) is 4.30. The summed E-state index contributed by atoms with van der Waals surface area (Å²) in [6.45, 7) is 1.41. The van der Waals surface area contributed by atoms with Crippen molar-refractivity contribution in [2.24, 2.45) is 0 Å². The van der Waals surface area contributed by atoms with Crippen LogP contribution in [0.15, 0.2) is 55.0 Å². The number of pyridine rings is 2. The van der Waals surface area contributed by atoms with Gasteiger partial charge in [-0.15, -0.1) is 0 Å². The van der Waals surface area contributed by atoms with Crippen molar-refractivity contribution in [3.05, 3.63) is 83.2 Å². The van der Waals surface area contributed by atoms with Gasteiger partial charge in [0.25, 0.3) is 5.69 Å². The number of aromatic amines is 1. The molecule has 0 aliphatic heterocycles. The number of rotatable bonds is 6. The van der Waals surface area contributed by atoms with Gasteiger partial charge in [0, 0.05) is 29.0 Å². The average molecular weight is 424 g/mol. The summed E-state index contributed by atoms with van der Waals surface area (Å²) in [7, 11) is 1.51. The van der Waals surface area contributed by atoms with E-state index in [1.54, 1.807) is 37.4 Å². The van der Waals surface area contributed by atoms with Crippen molar-refractivity contribution in [2.75, 3.05) is 7.11 Å². The van der Waals surface area contributed by atoms with Crippen molar-refractivity contribution < 1.29 is 23.0 Å². The van der Waals surface area contributed by atoms with Crippen molar-refractivity contribution in [1.82, 2.24) is 15.0 Å². The number of nitrogens with one attached hydrogen (secondary N) is 1. The van der Waals surface area contributed by atoms with Gasteiger partial charge in [0.15, 0.2) is 18.6 Å². The fourth-order valence-electron chi connectivity index (χ4n) is 3.08. The second-order valence-electron chi connectivity index (χ2n) is 6.80. The minimum atomic E-state index is -0.626. The Morgan fingerprint density at radius 2 is 1.94 bits per heavy atom. The number of nitrogens with zero attached hydrogens (tertiary/aromatic N) is 3. The largest absolute Gasteiger partial charge is 0.618 e. The summed E-state index contributed by atoms with van der Waals surface area (Å²) in [4.78, 5) is 11.1. The lowest BCUT2D eigenvalue weighted by Gasteiger charge is -2.11. The molecule has 0 bridgehead atoms. The molecule has 0 aliphatic rings. The highest BCUT2D eigenvalue weighted by Crippen LogP contribution is 2.33. The lowest BCUT2D eigenvalue weighted by molar-refractivity contribution is -0.618. The summed E-state index contributed by atoms with van der Waals surface area (Å²) in [6.07, 6.45) is 4.30. The molecule has 7 nitrogen and oxygen atoms in total. The molecule has 1 N–H and O–H groups in total. The van der Waals surface area contributed by atoms with E-state index in [-0.39, 0.29) is 12.3 Å². The van der Waals surface area contributed by atoms with Crippen LogP contribution in [0.5, 0.6) is 11.5 Å². The highest BCUT2D eigenvalue weighted by Gasteiger charge is 2.16. The Kier molecular flexibility index (Phi) is 5.48. The third-order valence-electron chi connectivity index (χ3n) is 4.63. The summed E-state index contributed by atoms with van der Waals surface area (Å²) in [5.74, 6) is 0.228. The molecule has 0 fully saturated rings. The Hall–Kier alpha value is -4.01. The van der Waals surface area contributed by atoms with Gasteiger partial charge in [-0.25, -0.2) is 9.97 Å². The van der Waals surface area contributed by atoms with Crippen LogP contribution < -0.4 is 14.2 Å². The zero-order valence-electron chi connectivity index (χ0n) is 16.7. The van der Waals surface area contributed by atoms with Gasteiger partial charge in [-0.2, -0.15) is 13.5 Å². The number of ether oxygens (including phenoxy) is 2. The van der Waals surface area contributed by atoms with Crippen LogP contribution in [-0.2, 0) is 6.61 Å². The van der Waals surface area contributed by atoms with Gasteiger partial charge in [-0.1, -0.05) is 0 Å². The Morgan fingerprint density at radius 3 is 2.65 bits per heavy atom. The first-order valence-corrected chi connectivity index (χ1v) is 9.31. The molecule has 0 atom stereocenters. The molecule has 0 saturated heterocycles. The quantitative estimate of drug-likeness (QED) is 0.288. The summed E-state index contributed by atoms with van der Waals surface area (Å²) >= 11 is 0. The summed E-state index contributed by atoms with van der Waals surface area (Å²) in [6, 6.07) is 9.18. The monoisotopic (exact) mass is 424 g/mol. The number of aromatic nitrogens is 4. The second kappa shape index (κ2) is 8.39. The van der Waals surface area contributed by atoms with E-state index in [0.29, 0.717) is 44.4 Å². The SMILES string of the molecule is COc1cc(OCc2c(F)cc(C)c[n+]2[O-])ccc1-c1cnc(-c2ccc(F)nc2)[nH]1.